The molecule has 0 radical (unpaired) electrons. The number of aryl methyl sites for hydroxylation is 2. The Labute approximate surface area is 144 Å². The Kier molecular flexibility index (Phi) is 4.98. The van der Waals surface area contributed by atoms with E-state index in [0.29, 0.717) is 5.75 Å². The van der Waals surface area contributed by atoms with Gasteiger partial charge in [0.25, 0.3) is 0 Å². The third kappa shape index (κ3) is 3.84. The van der Waals surface area contributed by atoms with Crippen LogP contribution in [-0.2, 0) is 4.79 Å². The molecule has 3 rings (SSSR count). The van der Waals surface area contributed by atoms with Crippen molar-refractivity contribution in [3.63, 3.8) is 0 Å². The normalized spacial score (nSPS) is 20.6. The van der Waals surface area contributed by atoms with Crippen molar-refractivity contribution in [1.29, 1.82) is 0 Å². The first-order chi connectivity index (χ1) is 11.5. The molecule has 3 nitrogen and oxygen atoms in total. The monoisotopic (exact) mass is 323 g/mol. The second-order valence-corrected chi connectivity index (χ2v) is 7.06. The van der Waals surface area contributed by atoms with Crippen LogP contribution in [0.25, 0.3) is 11.3 Å². The Morgan fingerprint density at radius 2 is 1.79 bits per heavy atom. The number of carbonyl (C=O) groups is 1. The number of benzene rings is 1. The molecule has 0 spiro atoms. The van der Waals surface area contributed by atoms with E-state index in [9.17, 15) is 4.79 Å². The van der Waals surface area contributed by atoms with Crippen molar-refractivity contribution < 1.29 is 9.53 Å². The number of rotatable bonds is 3. The van der Waals surface area contributed by atoms with Crippen molar-refractivity contribution in [2.24, 2.45) is 11.8 Å². The summed E-state index contributed by atoms with van der Waals surface area (Å²) >= 11 is 0. The fourth-order valence-electron chi connectivity index (χ4n) is 3.21. The average Bonchev–Trinajstić information content (AvgIpc) is 2.58. The zero-order valence-corrected chi connectivity index (χ0v) is 14.7. The van der Waals surface area contributed by atoms with Crippen LogP contribution in [-0.4, -0.2) is 11.0 Å². The first-order valence-corrected chi connectivity index (χ1v) is 8.78. The molecule has 0 unspecified atom stereocenters. The van der Waals surface area contributed by atoms with Gasteiger partial charge in [-0.1, -0.05) is 19.1 Å². The predicted octanol–water partition coefficient (Wildman–Crippen LogP) is 5.10. The van der Waals surface area contributed by atoms with Crippen LogP contribution in [0.2, 0.25) is 0 Å². The van der Waals surface area contributed by atoms with Crippen LogP contribution in [0.15, 0.2) is 36.5 Å². The van der Waals surface area contributed by atoms with E-state index >= 15 is 0 Å². The Balaban J connectivity index is 1.66. The van der Waals surface area contributed by atoms with Gasteiger partial charge in [-0.2, -0.15) is 0 Å². The molecule has 24 heavy (non-hydrogen) atoms. The van der Waals surface area contributed by atoms with Gasteiger partial charge >= 0.3 is 5.97 Å². The molecule has 126 valence electrons. The molecule has 0 atom stereocenters. The molecule has 2 aromatic rings. The van der Waals surface area contributed by atoms with Gasteiger partial charge in [-0.05, 0) is 74.8 Å². The molecular formula is C21H25NO2. The smallest absolute Gasteiger partial charge is 0.314 e. The number of ether oxygens (including phenoxy) is 1. The lowest BCUT2D eigenvalue weighted by Gasteiger charge is -2.24. The summed E-state index contributed by atoms with van der Waals surface area (Å²) in [7, 11) is 0. The van der Waals surface area contributed by atoms with Gasteiger partial charge in [-0.3, -0.25) is 9.78 Å². The molecule has 0 saturated heterocycles. The number of aromatic nitrogens is 1. The lowest BCUT2D eigenvalue weighted by molar-refractivity contribution is -0.140. The van der Waals surface area contributed by atoms with Gasteiger partial charge in [0.05, 0.1) is 17.8 Å². The van der Waals surface area contributed by atoms with E-state index in [2.05, 4.69) is 44.0 Å². The summed E-state index contributed by atoms with van der Waals surface area (Å²) in [4.78, 5) is 16.7. The quantitative estimate of drug-likeness (QED) is 0.738. The molecule has 1 heterocycles. The molecule has 3 heteroatoms. The van der Waals surface area contributed by atoms with Crippen LogP contribution >= 0.6 is 0 Å². The average molecular weight is 323 g/mol. The first kappa shape index (κ1) is 16.7. The lowest BCUT2D eigenvalue weighted by atomic mass is 9.83. The zero-order chi connectivity index (χ0) is 17.1. The highest BCUT2D eigenvalue weighted by atomic mass is 16.5. The third-order valence-corrected chi connectivity index (χ3v) is 5.11. The minimum absolute atomic E-state index is 0.0422. The molecule has 1 fully saturated rings. The minimum atomic E-state index is -0.109. The second kappa shape index (κ2) is 7.16. The van der Waals surface area contributed by atoms with Gasteiger partial charge in [-0.25, -0.2) is 0 Å². The van der Waals surface area contributed by atoms with Crippen molar-refractivity contribution in [2.45, 2.75) is 46.5 Å². The highest BCUT2D eigenvalue weighted by molar-refractivity contribution is 5.75. The van der Waals surface area contributed by atoms with Crippen LogP contribution in [0.1, 0.15) is 43.7 Å². The number of esters is 1. The maximum absolute atomic E-state index is 12.3. The van der Waals surface area contributed by atoms with Crippen molar-refractivity contribution in [3.8, 4) is 17.0 Å². The minimum Gasteiger partial charge on any atom is -0.425 e. The Morgan fingerprint density at radius 1 is 1.04 bits per heavy atom. The molecule has 1 aromatic heterocycles. The molecule has 0 amide bonds. The summed E-state index contributed by atoms with van der Waals surface area (Å²) < 4.78 is 5.52. The summed E-state index contributed by atoms with van der Waals surface area (Å²) in [6, 6.07) is 10.0. The van der Waals surface area contributed by atoms with Crippen molar-refractivity contribution >= 4 is 5.97 Å². The van der Waals surface area contributed by atoms with Gasteiger partial charge < -0.3 is 4.74 Å². The van der Waals surface area contributed by atoms with Gasteiger partial charge in [0.2, 0.25) is 0 Å². The van der Waals surface area contributed by atoms with Crippen LogP contribution in [0.5, 0.6) is 5.75 Å². The lowest BCUT2D eigenvalue weighted by Crippen LogP contribution is -2.24. The Hall–Kier alpha value is -2.16. The first-order valence-electron chi connectivity index (χ1n) is 8.78. The molecule has 1 saturated carbocycles. The molecule has 0 aliphatic heterocycles. The molecule has 1 aliphatic rings. The maximum atomic E-state index is 12.3. The second-order valence-electron chi connectivity index (χ2n) is 7.06. The fourth-order valence-corrected chi connectivity index (χ4v) is 3.21. The van der Waals surface area contributed by atoms with Crippen LogP contribution < -0.4 is 4.74 Å². The highest BCUT2D eigenvalue weighted by Gasteiger charge is 2.25. The van der Waals surface area contributed by atoms with Gasteiger partial charge in [0, 0.05) is 5.56 Å². The summed E-state index contributed by atoms with van der Waals surface area (Å²) in [5.41, 5.74) is 4.49. The summed E-state index contributed by atoms with van der Waals surface area (Å²) in [5.74, 6) is 1.20. The summed E-state index contributed by atoms with van der Waals surface area (Å²) in [5, 5.41) is 0. The topological polar surface area (TPSA) is 39.2 Å². The van der Waals surface area contributed by atoms with E-state index < -0.39 is 0 Å². The van der Waals surface area contributed by atoms with E-state index in [1.54, 1.807) is 6.20 Å². The van der Waals surface area contributed by atoms with Gasteiger partial charge in [0.15, 0.2) is 0 Å². The van der Waals surface area contributed by atoms with Crippen LogP contribution in [0.3, 0.4) is 0 Å². The molecule has 1 aliphatic carbocycles. The van der Waals surface area contributed by atoms with Crippen molar-refractivity contribution in [1.82, 2.24) is 4.98 Å². The van der Waals surface area contributed by atoms with Crippen LogP contribution in [0, 0.1) is 25.7 Å². The van der Waals surface area contributed by atoms with E-state index in [0.717, 1.165) is 42.9 Å². The largest absolute Gasteiger partial charge is 0.425 e. The number of hydrogen-bond donors (Lipinski definition) is 0. The molecule has 0 bridgehead atoms. The van der Waals surface area contributed by atoms with E-state index in [1.807, 2.05) is 12.1 Å². The number of pyridine rings is 1. The van der Waals surface area contributed by atoms with Crippen molar-refractivity contribution in [3.05, 3.63) is 47.7 Å². The maximum Gasteiger partial charge on any atom is 0.314 e. The predicted molar refractivity (Wildman–Crippen MR) is 95.9 cm³/mol. The Bertz CT molecular complexity index is 713. The van der Waals surface area contributed by atoms with Gasteiger partial charge in [-0.15, -0.1) is 0 Å². The Morgan fingerprint density at radius 3 is 2.42 bits per heavy atom. The number of nitrogens with zero attached hydrogens (tertiary/aromatic N) is 1. The molecule has 1 aromatic carbocycles. The highest BCUT2D eigenvalue weighted by Crippen LogP contribution is 2.30. The van der Waals surface area contributed by atoms with Crippen molar-refractivity contribution in [2.75, 3.05) is 0 Å². The number of carbonyl (C=O) groups excluding carboxylic acids is 1. The van der Waals surface area contributed by atoms with Gasteiger partial charge in [0.1, 0.15) is 5.75 Å². The third-order valence-electron chi connectivity index (χ3n) is 5.11. The fraction of sp³-hybridized carbons (Fsp3) is 0.429. The van der Waals surface area contributed by atoms with E-state index in [-0.39, 0.29) is 11.9 Å². The van der Waals surface area contributed by atoms with E-state index in [4.69, 9.17) is 4.74 Å². The van der Waals surface area contributed by atoms with Crippen LogP contribution in [0.4, 0.5) is 0 Å². The summed E-state index contributed by atoms with van der Waals surface area (Å²) in [6.07, 6.45) is 5.75. The zero-order valence-electron chi connectivity index (χ0n) is 14.7. The standard InChI is InChI=1S/C21H25NO2/c1-14-4-7-17(8-5-14)21(23)24-19-10-11-20(22-13-19)18-9-6-15(2)16(3)12-18/h6,9-14,17H,4-5,7-8H2,1-3H3. The van der Waals surface area contributed by atoms with E-state index in [1.165, 1.54) is 11.1 Å². The molecular weight excluding hydrogens is 298 g/mol. The summed E-state index contributed by atoms with van der Waals surface area (Å²) in [6.45, 7) is 6.44. The SMILES string of the molecule is Cc1ccc(-c2ccc(OC(=O)C3CCC(C)CC3)cn2)cc1C. The molecule has 0 N–H and O–H groups in total. The number of hydrogen-bond acceptors (Lipinski definition) is 3.